The van der Waals surface area contributed by atoms with E-state index >= 15 is 0 Å². The minimum Gasteiger partial charge on any atom is -0.119 e. The van der Waals surface area contributed by atoms with Crippen molar-refractivity contribution >= 4 is 0 Å². The minimum absolute atomic E-state index is 0.221. The van der Waals surface area contributed by atoms with E-state index in [9.17, 15) is 0 Å². The van der Waals surface area contributed by atoms with Crippen LogP contribution >= 0.6 is 0 Å². The summed E-state index contributed by atoms with van der Waals surface area (Å²) < 4.78 is 0. The lowest BCUT2D eigenvalue weighted by Gasteiger charge is -2.12. The Morgan fingerprint density at radius 1 is 1.23 bits per heavy atom. The molecule has 0 aliphatic rings. The maximum atomic E-state index is 5.42. The first-order chi connectivity index (χ1) is 6.06. The van der Waals surface area contributed by atoms with Crippen LogP contribution in [0.25, 0.3) is 0 Å². The Hall–Kier alpha value is -1.22. The van der Waals surface area contributed by atoms with Gasteiger partial charge in [0, 0.05) is 5.92 Å². The highest BCUT2D eigenvalue weighted by Gasteiger charge is 2.07. The summed E-state index contributed by atoms with van der Waals surface area (Å²) in [7, 11) is 0. The Morgan fingerprint density at radius 3 is 2.38 bits per heavy atom. The van der Waals surface area contributed by atoms with Crippen molar-refractivity contribution in [3.63, 3.8) is 0 Å². The fraction of sp³-hybridized carbons (Fsp3) is 0.385. The summed E-state index contributed by atoms with van der Waals surface area (Å²) >= 11 is 0. The Balaban J connectivity index is 3.30. The molecule has 68 valence electrons. The zero-order valence-electron chi connectivity index (χ0n) is 8.81. The molecular formula is C13H16. The molecule has 0 amide bonds. The molecule has 13 heavy (non-hydrogen) atoms. The third kappa shape index (κ3) is 1.92. The molecule has 1 atom stereocenters. The zero-order valence-corrected chi connectivity index (χ0v) is 8.81. The van der Waals surface area contributed by atoms with Gasteiger partial charge in [0.2, 0.25) is 0 Å². The molecular weight excluding hydrogens is 156 g/mol. The summed E-state index contributed by atoms with van der Waals surface area (Å²) in [4.78, 5) is 0. The molecule has 0 heteroatoms. The van der Waals surface area contributed by atoms with Gasteiger partial charge in [0.1, 0.15) is 0 Å². The van der Waals surface area contributed by atoms with Crippen molar-refractivity contribution in [3.05, 3.63) is 34.4 Å². The number of benzene rings is 1. The number of aryl methyl sites for hydroxylation is 2. The molecule has 1 unspecified atom stereocenters. The Bertz CT molecular complexity index is 353. The highest BCUT2D eigenvalue weighted by Crippen LogP contribution is 2.23. The van der Waals surface area contributed by atoms with Crippen molar-refractivity contribution in [1.29, 1.82) is 0 Å². The van der Waals surface area contributed by atoms with Gasteiger partial charge < -0.3 is 0 Å². The van der Waals surface area contributed by atoms with Crippen LogP contribution in [0, 0.1) is 33.1 Å². The van der Waals surface area contributed by atoms with E-state index in [1.165, 1.54) is 22.3 Å². The predicted octanol–water partition coefficient (Wildman–Crippen LogP) is 3.35. The predicted molar refractivity (Wildman–Crippen MR) is 57.9 cm³/mol. The Kier molecular flexibility index (Phi) is 2.78. The van der Waals surface area contributed by atoms with Crippen molar-refractivity contribution in [3.8, 4) is 12.3 Å². The maximum absolute atomic E-state index is 5.42. The van der Waals surface area contributed by atoms with Gasteiger partial charge in [-0.2, -0.15) is 0 Å². The van der Waals surface area contributed by atoms with Crippen LogP contribution in [-0.4, -0.2) is 0 Å². The fourth-order valence-electron chi connectivity index (χ4n) is 1.61. The van der Waals surface area contributed by atoms with E-state index in [1.807, 2.05) is 0 Å². The summed E-state index contributed by atoms with van der Waals surface area (Å²) in [5, 5.41) is 0. The van der Waals surface area contributed by atoms with Crippen LogP contribution in [0.2, 0.25) is 0 Å². The van der Waals surface area contributed by atoms with Crippen LogP contribution < -0.4 is 0 Å². The van der Waals surface area contributed by atoms with Crippen LogP contribution in [0.5, 0.6) is 0 Å². The first-order valence-electron chi connectivity index (χ1n) is 4.60. The molecule has 0 fully saturated rings. The van der Waals surface area contributed by atoms with E-state index in [4.69, 9.17) is 6.42 Å². The molecule has 0 nitrogen and oxygen atoms in total. The third-order valence-corrected chi connectivity index (χ3v) is 2.57. The fourth-order valence-corrected chi connectivity index (χ4v) is 1.61. The molecule has 0 aromatic heterocycles. The molecule has 1 aromatic carbocycles. The van der Waals surface area contributed by atoms with E-state index in [0.29, 0.717) is 0 Å². The molecule has 0 radical (unpaired) electrons. The molecule has 1 aromatic rings. The van der Waals surface area contributed by atoms with E-state index in [2.05, 4.69) is 45.7 Å². The first-order valence-corrected chi connectivity index (χ1v) is 4.60. The average Bonchev–Trinajstić information content (AvgIpc) is 2.10. The highest BCUT2D eigenvalue weighted by molar-refractivity contribution is 5.41. The maximum Gasteiger partial charge on any atom is 0.0424 e. The molecule has 0 heterocycles. The number of hydrogen-bond donors (Lipinski definition) is 0. The molecule has 0 saturated heterocycles. The lowest BCUT2D eigenvalue weighted by atomic mass is 9.92. The van der Waals surface area contributed by atoms with Crippen molar-refractivity contribution in [2.45, 2.75) is 33.6 Å². The van der Waals surface area contributed by atoms with Crippen LogP contribution in [0.3, 0.4) is 0 Å². The molecule has 0 aliphatic heterocycles. The van der Waals surface area contributed by atoms with Crippen LogP contribution in [0.1, 0.15) is 35.1 Å². The van der Waals surface area contributed by atoms with Gasteiger partial charge in [-0.3, -0.25) is 0 Å². The summed E-state index contributed by atoms with van der Waals surface area (Å²) in [5.74, 6) is 3.00. The zero-order chi connectivity index (χ0) is 10.0. The van der Waals surface area contributed by atoms with Gasteiger partial charge in [-0.05, 0) is 44.4 Å². The van der Waals surface area contributed by atoms with Crippen molar-refractivity contribution < 1.29 is 0 Å². The summed E-state index contributed by atoms with van der Waals surface area (Å²) in [6, 6.07) is 4.38. The third-order valence-electron chi connectivity index (χ3n) is 2.57. The summed E-state index contributed by atoms with van der Waals surface area (Å²) in [6.07, 6.45) is 5.42. The largest absolute Gasteiger partial charge is 0.119 e. The standard InChI is InChI=1S/C13H16/c1-6-10(3)13-8-9(2)7-11(4)12(13)5/h1,7-8,10H,2-5H3. The summed E-state index contributed by atoms with van der Waals surface area (Å²) in [6.45, 7) is 8.45. The second-order valence-electron chi connectivity index (χ2n) is 3.68. The smallest absolute Gasteiger partial charge is 0.0424 e. The second kappa shape index (κ2) is 3.66. The number of terminal acetylenes is 1. The lowest BCUT2D eigenvalue weighted by molar-refractivity contribution is 0.977. The average molecular weight is 172 g/mol. The first kappa shape index (κ1) is 9.86. The molecule has 0 bridgehead atoms. The molecule has 0 aliphatic carbocycles. The van der Waals surface area contributed by atoms with Gasteiger partial charge in [-0.15, -0.1) is 6.42 Å². The van der Waals surface area contributed by atoms with E-state index in [-0.39, 0.29) is 5.92 Å². The second-order valence-corrected chi connectivity index (χ2v) is 3.68. The number of rotatable bonds is 1. The normalized spacial score (nSPS) is 12.2. The van der Waals surface area contributed by atoms with Gasteiger partial charge in [-0.25, -0.2) is 0 Å². The molecule has 0 N–H and O–H groups in total. The van der Waals surface area contributed by atoms with Gasteiger partial charge in [0.05, 0.1) is 0 Å². The Morgan fingerprint density at radius 2 is 1.85 bits per heavy atom. The van der Waals surface area contributed by atoms with Crippen LogP contribution in [0.15, 0.2) is 12.1 Å². The van der Waals surface area contributed by atoms with Gasteiger partial charge in [-0.1, -0.05) is 23.6 Å². The van der Waals surface area contributed by atoms with E-state index < -0.39 is 0 Å². The van der Waals surface area contributed by atoms with Gasteiger partial charge >= 0.3 is 0 Å². The Labute approximate surface area is 81.0 Å². The molecule has 0 spiro atoms. The van der Waals surface area contributed by atoms with Gasteiger partial charge in [0.15, 0.2) is 0 Å². The minimum atomic E-state index is 0.221. The molecule has 1 rings (SSSR count). The van der Waals surface area contributed by atoms with E-state index in [1.54, 1.807) is 0 Å². The number of hydrogen-bond acceptors (Lipinski definition) is 0. The topological polar surface area (TPSA) is 0 Å². The highest BCUT2D eigenvalue weighted by atomic mass is 14.1. The molecule has 0 saturated carbocycles. The van der Waals surface area contributed by atoms with Crippen LogP contribution in [0.4, 0.5) is 0 Å². The van der Waals surface area contributed by atoms with Crippen molar-refractivity contribution in [2.24, 2.45) is 0 Å². The SMILES string of the molecule is C#CC(C)c1cc(C)cc(C)c1C. The lowest BCUT2D eigenvalue weighted by Crippen LogP contribution is -1.97. The van der Waals surface area contributed by atoms with Crippen LogP contribution in [-0.2, 0) is 0 Å². The monoisotopic (exact) mass is 172 g/mol. The quantitative estimate of drug-likeness (QED) is 0.570. The summed E-state index contributed by atoms with van der Waals surface area (Å²) in [5.41, 5.74) is 5.24. The van der Waals surface area contributed by atoms with Crippen molar-refractivity contribution in [1.82, 2.24) is 0 Å². The van der Waals surface area contributed by atoms with Crippen molar-refractivity contribution in [2.75, 3.05) is 0 Å². The van der Waals surface area contributed by atoms with E-state index in [0.717, 1.165) is 0 Å². The van der Waals surface area contributed by atoms with Gasteiger partial charge in [0.25, 0.3) is 0 Å².